The van der Waals surface area contributed by atoms with E-state index in [1.807, 2.05) is 0 Å². The van der Waals surface area contributed by atoms with E-state index in [4.69, 9.17) is 11.8 Å². The average molecular weight is 381 g/mol. The maximum absolute atomic E-state index is 11.2. The Morgan fingerprint density at radius 3 is 1.19 bits per heavy atom. The van der Waals surface area contributed by atoms with Gasteiger partial charge in [0.15, 0.2) is 18.9 Å². The van der Waals surface area contributed by atoms with Crippen LogP contribution in [-0.2, 0) is 11.8 Å². The molecule has 0 amide bonds. The highest BCUT2D eigenvalue weighted by molar-refractivity contribution is 8.25. The van der Waals surface area contributed by atoms with Crippen LogP contribution in [0.3, 0.4) is 0 Å². The average Bonchev–Trinajstić information content (AvgIpc) is 2.73. The quantitative estimate of drug-likeness (QED) is 0.466. The molecule has 0 aliphatic carbocycles. The van der Waals surface area contributed by atoms with Gasteiger partial charge >= 0.3 is 0 Å². The fourth-order valence-corrected chi connectivity index (χ4v) is 5.67. The third kappa shape index (κ3) is 3.27. The van der Waals surface area contributed by atoms with Crippen LogP contribution in [0.15, 0.2) is 54.6 Å². The lowest BCUT2D eigenvalue weighted by Gasteiger charge is -2.21. The van der Waals surface area contributed by atoms with Crippen molar-refractivity contribution in [3.8, 4) is 0 Å². The van der Waals surface area contributed by atoms with E-state index >= 15 is 0 Å². The maximum Gasteiger partial charge on any atom is 0.168 e. The number of hydrogen-bond donors (Lipinski definition) is 0. The van der Waals surface area contributed by atoms with Gasteiger partial charge in [-0.25, -0.2) is 15.0 Å². The van der Waals surface area contributed by atoms with Crippen LogP contribution in [0.2, 0.25) is 0 Å². The van der Waals surface area contributed by atoms with Crippen LogP contribution in [0, 0.1) is 0 Å². The monoisotopic (exact) mass is 381 g/mol. The third-order valence-corrected chi connectivity index (χ3v) is 7.96. The van der Waals surface area contributed by atoms with E-state index in [2.05, 4.69) is 15.0 Å². The van der Waals surface area contributed by atoms with Crippen molar-refractivity contribution < 1.29 is 14.4 Å². The zero-order valence-corrected chi connectivity index (χ0v) is 15.1. The van der Waals surface area contributed by atoms with Gasteiger partial charge in [0.05, 0.1) is 22.3 Å². The van der Waals surface area contributed by atoms with Gasteiger partial charge in [0.25, 0.3) is 0 Å². The molecular formula is C18H12N3O3PS. The molecule has 0 unspecified atom stereocenters. The van der Waals surface area contributed by atoms with Crippen molar-refractivity contribution in [1.82, 2.24) is 15.0 Å². The predicted molar refractivity (Wildman–Crippen MR) is 102 cm³/mol. The van der Waals surface area contributed by atoms with Crippen LogP contribution in [-0.4, -0.2) is 33.8 Å². The summed E-state index contributed by atoms with van der Waals surface area (Å²) >= 11 is 6.00. The molecule has 0 saturated carbocycles. The lowest BCUT2D eigenvalue weighted by molar-refractivity contribution is 0.111. The smallest absolute Gasteiger partial charge is 0.168 e. The first-order valence-electron chi connectivity index (χ1n) is 7.50. The molecule has 26 heavy (non-hydrogen) atoms. The lowest BCUT2D eigenvalue weighted by atomic mass is 10.4. The van der Waals surface area contributed by atoms with Crippen LogP contribution >= 0.6 is 6.04 Å². The Kier molecular flexibility index (Phi) is 5.21. The van der Waals surface area contributed by atoms with Gasteiger partial charge in [-0.1, -0.05) is 30.0 Å². The van der Waals surface area contributed by atoms with Gasteiger partial charge in [0.1, 0.15) is 17.1 Å². The number of pyridine rings is 3. The van der Waals surface area contributed by atoms with E-state index in [9.17, 15) is 14.4 Å². The van der Waals surface area contributed by atoms with Crippen LogP contribution in [0.5, 0.6) is 0 Å². The Morgan fingerprint density at radius 2 is 0.923 bits per heavy atom. The first-order chi connectivity index (χ1) is 12.6. The van der Waals surface area contributed by atoms with Crippen molar-refractivity contribution in [2.24, 2.45) is 0 Å². The number of aromatic nitrogens is 3. The summed E-state index contributed by atoms with van der Waals surface area (Å²) in [5, 5.41) is 0. The number of carbonyl (C=O) groups is 3. The van der Waals surface area contributed by atoms with E-state index in [0.29, 0.717) is 35.2 Å². The third-order valence-electron chi connectivity index (χ3n) is 3.60. The van der Waals surface area contributed by atoms with Crippen molar-refractivity contribution in [3.63, 3.8) is 0 Å². The fraction of sp³-hybridized carbons (Fsp3) is 0. The van der Waals surface area contributed by atoms with Crippen LogP contribution in [0.4, 0.5) is 0 Å². The largest absolute Gasteiger partial charge is 0.296 e. The van der Waals surface area contributed by atoms with E-state index in [1.165, 1.54) is 0 Å². The molecule has 0 N–H and O–H groups in total. The molecule has 0 aromatic carbocycles. The second-order valence-electron chi connectivity index (χ2n) is 5.22. The Balaban J connectivity index is 2.33. The summed E-state index contributed by atoms with van der Waals surface area (Å²) in [6, 6.07) is 12.0. The second kappa shape index (κ2) is 7.56. The summed E-state index contributed by atoms with van der Waals surface area (Å²) in [7, 11) is 0. The van der Waals surface area contributed by atoms with Crippen molar-refractivity contribution in [3.05, 3.63) is 71.7 Å². The van der Waals surface area contributed by atoms with E-state index in [0.717, 1.165) is 0 Å². The van der Waals surface area contributed by atoms with Gasteiger partial charge in [-0.15, -0.1) is 0 Å². The Labute approximate surface area is 154 Å². The molecule has 128 valence electrons. The molecule has 0 aliphatic rings. The summed E-state index contributed by atoms with van der Waals surface area (Å²) in [6.07, 6.45) is 1.90. The fourth-order valence-electron chi connectivity index (χ4n) is 2.39. The summed E-state index contributed by atoms with van der Waals surface area (Å²) < 4.78 is 0. The first kappa shape index (κ1) is 17.9. The molecule has 6 nitrogen and oxygen atoms in total. The van der Waals surface area contributed by atoms with Gasteiger partial charge in [0.2, 0.25) is 0 Å². The van der Waals surface area contributed by atoms with Crippen LogP contribution in [0.1, 0.15) is 31.5 Å². The van der Waals surface area contributed by atoms with Gasteiger partial charge in [0, 0.05) is 0 Å². The molecule has 0 fully saturated rings. The summed E-state index contributed by atoms with van der Waals surface area (Å²) in [6.45, 7) is 0. The molecule has 3 aromatic rings. The number of rotatable bonds is 6. The summed E-state index contributed by atoms with van der Waals surface area (Å²) in [5.41, 5.74) is 2.08. The number of carbonyl (C=O) groups excluding carboxylic acids is 3. The highest BCUT2D eigenvalue weighted by atomic mass is 32.4. The van der Waals surface area contributed by atoms with Crippen LogP contribution in [0.25, 0.3) is 0 Å². The zero-order chi connectivity index (χ0) is 18.6. The molecule has 0 bridgehead atoms. The molecule has 8 heteroatoms. The van der Waals surface area contributed by atoms with Gasteiger partial charge in [-0.2, -0.15) is 0 Å². The molecule has 3 heterocycles. The predicted octanol–water partition coefficient (Wildman–Crippen LogP) is 1.06. The van der Waals surface area contributed by atoms with Crippen molar-refractivity contribution >= 4 is 53.0 Å². The minimum atomic E-state index is -2.87. The highest BCUT2D eigenvalue weighted by Gasteiger charge is 2.30. The van der Waals surface area contributed by atoms with E-state index in [1.54, 1.807) is 54.6 Å². The molecular weight excluding hydrogens is 369 g/mol. The first-order valence-corrected chi connectivity index (χ1v) is 10.3. The van der Waals surface area contributed by atoms with Crippen LogP contribution < -0.4 is 16.3 Å². The molecule has 3 aromatic heterocycles. The molecule has 0 saturated heterocycles. The van der Waals surface area contributed by atoms with Crippen molar-refractivity contribution in [2.75, 3.05) is 0 Å². The number of aldehydes is 3. The molecule has 0 aliphatic heterocycles. The number of nitrogens with zero attached hydrogens (tertiary/aromatic N) is 3. The lowest BCUT2D eigenvalue weighted by Crippen LogP contribution is -2.31. The summed E-state index contributed by atoms with van der Waals surface area (Å²) in [5.74, 6) is 0. The minimum Gasteiger partial charge on any atom is -0.296 e. The summed E-state index contributed by atoms with van der Waals surface area (Å²) in [4.78, 5) is 46.5. The molecule has 3 rings (SSSR count). The van der Waals surface area contributed by atoms with E-state index < -0.39 is 6.04 Å². The minimum absolute atomic E-state index is 0.231. The second-order valence-corrected chi connectivity index (χ2v) is 9.46. The highest BCUT2D eigenvalue weighted by Crippen LogP contribution is 2.40. The van der Waals surface area contributed by atoms with Gasteiger partial charge in [-0.3, -0.25) is 14.4 Å². The maximum atomic E-state index is 11.2. The number of hydrogen-bond acceptors (Lipinski definition) is 7. The van der Waals surface area contributed by atoms with E-state index in [-0.39, 0.29) is 17.1 Å². The van der Waals surface area contributed by atoms with Gasteiger partial charge < -0.3 is 0 Å². The molecule has 0 atom stereocenters. The Morgan fingerprint density at radius 1 is 0.615 bits per heavy atom. The topological polar surface area (TPSA) is 89.9 Å². The molecule has 0 spiro atoms. The SMILES string of the molecule is O=Cc1cccc(P(=S)(c2cccc(C=O)n2)c2cccc(C=O)n2)n1. The van der Waals surface area contributed by atoms with Crippen molar-refractivity contribution in [1.29, 1.82) is 0 Å². The Bertz CT molecular complexity index is 923. The normalized spacial score (nSPS) is 10.9. The van der Waals surface area contributed by atoms with Crippen molar-refractivity contribution in [2.45, 2.75) is 0 Å². The Hall–Kier alpha value is -2.89. The standard InChI is InChI=1S/C18H12N3O3PS/c22-10-13-4-1-7-16(19-13)25(26,17-8-2-5-14(11-23)20-17)18-9-3-6-15(12-24)21-18/h1-12H. The molecule has 0 radical (unpaired) electrons. The van der Waals surface area contributed by atoms with Gasteiger partial charge in [-0.05, 0) is 36.4 Å². The zero-order valence-electron chi connectivity index (χ0n) is 13.4.